The highest BCUT2D eigenvalue weighted by molar-refractivity contribution is 6.36. The molecule has 7 nitrogen and oxygen atoms in total. The molecule has 0 N–H and O–H groups in total. The second kappa shape index (κ2) is 11.2. The molecular weight excluding hydrogens is 326 g/mol. The highest BCUT2D eigenvalue weighted by Gasteiger charge is 2.19. The zero-order valence-corrected chi connectivity index (χ0v) is 15.6. The van der Waals surface area contributed by atoms with Gasteiger partial charge in [-0.2, -0.15) is 0 Å². The van der Waals surface area contributed by atoms with Crippen molar-refractivity contribution >= 4 is 11.7 Å². The number of benzene rings is 1. The third-order valence-corrected chi connectivity index (χ3v) is 3.37. The van der Waals surface area contributed by atoms with Gasteiger partial charge in [-0.05, 0) is 31.0 Å². The van der Waals surface area contributed by atoms with E-state index in [1.54, 1.807) is 19.1 Å². The van der Waals surface area contributed by atoms with Gasteiger partial charge in [0.2, 0.25) is 5.75 Å². The first-order valence-electron chi connectivity index (χ1n) is 8.25. The second-order valence-electron chi connectivity index (χ2n) is 5.16. The molecule has 1 aromatic rings. The van der Waals surface area contributed by atoms with Gasteiger partial charge < -0.3 is 23.8 Å². The summed E-state index contributed by atoms with van der Waals surface area (Å²) in [5.41, 5.74) is 0.952. The molecule has 0 saturated carbocycles. The van der Waals surface area contributed by atoms with Crippen LogP contribution in [0.5, 0.6) is 17.2 Å². The van der Waals surface area contributed by atoms with E-state index in [-0.39, 0.29) is 18.7 Å². The van der Waals surface area contributed by atoms with Gasteiger partial charge in [0, 0.05) is 6.42 Å². The molecule has 1 rings (SSSR count). The Morgan fingerprint density at radius 1 is 1.04 bits per heavy atom. The first-order chi connectivity index (χ1) is 12.1. The zero-order valence-electron chi connectivity index (χ0n) is 15.6. The normalized spacial score (nSPS) is 11.0. The van der Waals surface area contributed by atoms with Crippen LogP contribution in [-0.4, -0.2) is 46.2 Å². The first-order valence-corrected chi connectivity index (χ1v) is 8.25. The van der Waals surface area contributed by atoms with E-state index in [1.807, 2.05) is 0 Å². The van der Waals surface area contributed by atoms with Gasteiger partial charge in [0.15, 0.2) is 17.2 Å². The number of hydrogen-bond donors (Lipinski definition) is 0. The first kappa shape index (κ1) is 20.6. The third kappa shape index (κ3) is 6.17. The minimum Gasteiger partial charge on any atom is -0.493 e. The van der Waals surface area contributed by atoms with Gasteiger partial charge in [0.25, 0.3) is 0 Å². The fourth-order valence-corrected chi connectivity index (χ4v) is 2.12. The average Bonchev–Trinajstić information content (AvgIpc) is 2.63. The standard InChI is InChI=1S/C18H27NO6/c1-6-8-9-25-19-14(18(20)24-7-2)10-13-11-15(21-3)17(23-5)16(12-13)22-4/h11-12H,6-10H2,1-5H3/b19-14-. The number of esters is 1. The smallest absolute Gasteiger partial charge is 0.356 e. The topological polar surface area (TPSA) is 75.6 Å². The molecule has 0 fully saturated rings. The number of carbonyl (C=O) groups is 1. The molecule has 0 aliphatic rings. The molecule has 0 amide bonds. The molecule has 0 atom stereocenters. The third-order valence-electron chi connectivity index (χ3n) is 3.37. The number of hydrogen-bond acceptors (Lipinski definition) is 7. The number of carbonyl (C=O) groups excluding carboxylic acids is 1. The summed E-state index contributed by atoms with van der Waals surface area (Å²) in [5, 5.41) is 3.96. The zero-order chi connectivity index (χ0) is 18.7. The van der Waals surface area contributed by atoms with Gasteiger partial charge in [0.05, 0.1) is 27.9 Å². The van der Waals surface area contributed by atoms with Gasteiger partial charge in [-0.1, -0.05) is 18.5 Å². The molecule has 0 heterocycles. The predicted octanol–water partition coefficient (Wildman–Crippen LogP) is 2.99. The van der Waals surface area contributed by atoms with Gasteiger partial charge in [-0.25, -0.2) is 4.79 Å². The number of ether oxygens (including phenoxy) is 4. The van der Waals surface area contributed by atoms with Crippen molar-refractivity contribution in [1.29, 1.82) is 0 Å². The van der Waals surface area contributed by atoms with Crippen molar-refractivity contribution in [2.24, 2.45) is 5.16 Å². The van der Waals surface area contributed by atoms with Crippen LogP contribution in [-0.2, 0) is 20.8 Å². The molecule has 0 radical (unpaired) electrons. The van der Waals surface area contributed by atoms with E-state index in [9.17, 15) is 4.79 Å². The molecule has 0 aliphatic heterocycles. The molecule has 7 heteroatoms. The predicted molar refractivity (Wildman–Crippen MR) is 94.7 cm³/mol. The van der Waals surface area contributed by atoms with Crippen LogP contribution in [0.1, 0.15) is 32.3 Å². The Labute approximate surface area is 148 Å². The lowest BCUT2D eigenvalue weighted by Crippen LogP contribution is -2.20. The highest BCUT2D eigenvalue weighted by Crippen LogP contribution is 2.38. The van der Waals surface area contributed by atoms with E-state index in [0.29, 0.717) is 23.9 Å². The highest BCUT2D eigenvalue weighted by atomic mass is 16.6. The van der Waals surface area contributed by atoms with Crippen LogP contribution in [0.3, 0.4) is 0 Å². The van der Waals surface area contributed by atoms with E-state index >= 15 is 0 Å². The summed E-state index contributed by atoms with van der Waals surface area (Å²) in [6.45, 7) is 4.51. The van der Waals surface area contributed by atoms with Gasteiger partial charge >= 0.3 is 5.97 Å². The van der Waals surface area contributed by atoms with Crippen molar-refractivity contribution < 1.29 is 28.6 Å². The summed E-state index contributed by atoms with van der Waals surface area (Å²) in [4.78, 5) is 17.4. The van der Waals surface area contributed by atoms with Crippen molar-refractivity contribution in [3.8, 4) is 17.2 Å². The summed E-state index contributed by atoms with van der Waals surface area (Å²) in [6.07, 6.45) is 2.07. The van der Waals surface area contributed by atoms with E-state index in [4.69, 9.17) is 23.8 Å². The Bertz CT molecular complexity index is 560. The van der Waals surface area contributed by atoms with Crippen LogP contribution >= 0.6 is 0 Å². The van der Waals surface area contributed by atoms with Crippen molar-refractivity contribution in [2.75, 3.05) is 34.5 Å². The lowest BCUT2D eigenvalue weighted by molar-refractivity contribution is -0.135. The van der Waals surface area contributed by atoms with Gasteiger partial charge in [0.1, 0.15) is 6.61 Å². The monoisotopic (exact) mass is 353 g/mol. The lowest BCUT2D eigenvalue weighted by Gasteiger charge is -2.14. The number of rotatable bonds is 11. The van der Waals surface area contributed by atoms with Crippen LogP contribution in [0.25, 0.3) is 0 Å². The van der Waals surface area contributed by atoms with Gasteiger partial charge in [-0.15, -0.1) is 0 Å². The molecule has 0 aliphatic carbocycles. The fraction of sp³-hybridized carbons (Fsp3) is 0.556. The van der Waals surface area contributed by atoms with Crippen molar-refractivity contribution in [3.05, 3.63) is 17.7 Å². The summed E-state index contributed by atoms with van der Waals surface area (Å²) < 4.78 is 21.0. The quantitative estimate of drug-likeness (QED) is 0.263. The molecule has 0 unspecified atom stereocenters. The molecule has 0 spiro atoms. The van der Waals surface area contributed by atoms with Crippen LogP contribution in [0.4, 0.5) is 0 Å². The number of methoxy groups -OCH3 is 3. The molecule has 0 saturated heterocycles. The molecule has 1 aromatic carbocycles. The Morgan fingerprint density at radius 3 is 2.16 bits per heavy atom. The molecular formula is C18H27NO6. The van der Waals surface area contributed by atoms with E-state index in [2.05, 4.69) is 12.1 Å². The van der Waals surface area contributed by atoms with Crippen molar-refractivity contribution in [2.45, 2.75) is 33.1 Å². The Morgan fingerprint density at radius 2 is 1.68 bits per heavy atom. The maximum atomic E-state index is 12.1. The van der Waals surface area contributed by atoms with Crippen LogP contribution in [0.2, 0.25) is 0 Å². The minimum absolute atomic E-state index is 0.187. The van der Waals surface area contributed by atoms with Crippen molar-refractivity contribution in [3.63, 3.8) is 0 Å². The van der Waals surface area contributed by atoms with E-state index in [0.717, 1.165) is 18.4 Å². The fourth-order valence-electron chi connectivity index (χ4n) is 2.12. The van der Waals surface area contributed by atoms with Crippen LogP contribution in [0.15, 0.2) is 17.3 Å². The Kier molecular flexibility index (Phi) is 9.21. The lowest BCUT2D eigenvalue weighted by atomic mass is 10.1. The van der Waals surface area contributed by atoms with E-state index < -0.39 is 5.97 Å². The van der Waals surface area contributed by atoms with Crippen molar-refractivity contribution in [1.82, 2.24) is 0 Å². The van der Waals surface area contributed by atoms with E-state index in [1.165, 1.54) is 21.3 Å². The van der Waals surface area contributed by atoms with Crippen LogP contribution < -0.4 is 14.2 Å². The molecule has 140 valence electrons. The largest absolute Gasteiger partial charge is 0.493 e. The summed E-state index contributed by atoms with van der Waals surface area (Å²) in [7, 11) is 4.61. The Balaban J connectivity index is 3.07. The molecule has 0 bridgehead atoms. The summed E-state index contributed by atoms with van der Waals surface area (Å²) >= 11 is 0. The molecule has 0 aromatic heterocycles. The number of unbranched alkanes of at least 4 members (excludes halogenated alkanes) is 1. The number of oxime groups is 1. The van der Waals surface area contributed by atoms with Crippen LogP contribution in [0, 0.1) is 0 Å². The minimum atomic E-state index is -0.507. The Hall–Kier alpha value is -2.44. The molecule has 25 heavy (non-hydrogen) atoms. The SMILES string of the molecule is CCCCO/N=C(/Cc1cc(OC)c(OC)c(OC)c1)C(=O)OCC. The average molecular weight is 353 g/mol. The van der Waals surface area contributed by atoms with Gasteiger partial charge in [-0.3, -0.25) is 0 Å². The maximum absolute atomic E-state index is 12.1. The maximum Gasteiger partial charge on any atom is 0.356 e. The second-order valence-corrected chi connectivity index (χ2v) is 5.16. The summed E-state index contributed by atoms with van der Waals surface area (Å²) in [6, 6.07) is 3.53. The summed E-state index contributed by atoms with van der Waals surface area (Å²) in [5.74, 6) is 0.995. The number of nitrogens with zero attached hydrogens (tertiary/aromatic N) is 1.